The van der Waals surface area contributed by atoms with Gasteiger partial charge in [0.2, 0.25) is 5.89 Å². The van der Waals surface area contributed by atoms with Crippen molar-refractivity contribution >= 4 is 21.9 Å². The quantitative estimate of drug-likeness (QED) is 0.284. The number of aryl methyl sites for hydroxylation is 2. The van der Waals surface area contributed by atoms with Gasteiger partial charge in [-0.3, -0.25) is 4.98 Å². The van der Waals surface area contributed by atoms with E-state index in [0.717, 1.165) is 33.7 Å². The molecule has 4 aromatic carbocycles. The second-order valence-electron chi connectivity index (χ2n) is 7.90. The number of fused-ring (bicyclic) bond motifs is 3. The second kappa shape index (κ2) is 7.72. The molecule has 0 atom stereocenters. The van der Waals surface area contributed by atoms with Crippen LogP contribution in [0.2, 0.25) is 0 Å². The summed E-state index contributed by atoms with van der Waals surface area (Å²) in [5, 5.41) is 1.58. The fraction of sp³-hybridized carbons (Fsp3) is 0.0667. The van der Waals surface area contributed by atoms with E-state index in [1.807, 2.05) is 72.8 Å². The van der Waals surface area contributed by atoms with E-state index in [1.54, 1.807) is 0 Å². The zero-order chi connectivity index (χ0) is 27.4. The summed E-state index contributed by atoms with van der Waals surface area (Å²) < 4.78 is 53.5. The van der Waals surface area contributed by atoms with E-state index in [0.29, 0.717) is 28.2 Å². The van der Waals surface area contributed by atoms with Gasteiger partial charge in [0.05, 0.1) is 5.69 Å². The Morgan fingerprint density at radius 3 is 2.33 bits per heavy atom. The van der Waals surface area contributed by atoms with Gasteiger partial charge < -0.3 is 4.42 Å². The van der Waals surface area contributed by atoms with Gasteiger partial charge in [0.1, 0.15) is 5.52 Å². The standard InChI is InChI=1S/C30H22N2O/c1-19-17-27(31-18-20(19)2)25-10-6-9-23-15-16-26-29(28(23)25)33-30(32-26)24-13-11-22(12-14-24)21-7-4-3-5-8-21/h3-18H,1-2H3/i1D3,2D3. The van der Waals surface area contributed by atoms with Crippen LogP contribution in [0.1, 0.15) is 19.4 Å². The first-order valence-electron chi connectivity index (χ1n) is 13.6. The molecule has 0 fully saturated rings. The van der Waals surface area contributed by atoms with Gasteiger partial charge in [0, 0.05) is 30.9 Å². The third-order valence-corrected chi connectivity index (χ3v) is 5.82. The van der Waals surface area contributed by atoms with Gasteiger partial charge >= 0.3 is 0 Å². The van der Waals surface area contributed by atoms with Gasteiger partial charge in [0.25, 0.3) is 0 Å². The number of nitrogens with zero attached hydrogens (tertiary/aromatic N) is 2. The largest absolute Gasteiger partial charge is 0.435 e. The lowest BCUT2D eigenvalue weighted by Gasteiger charge is -2.08. The smallest absolute Gasteiger partial charge is 0.227 e. The van der Waals surface area contributed by atoms with Crippen molar-refractivity contribution in [3.63, 3.8) is 0 Å². The molecule has 0 saturated heterocycles. The number of hydrogen-bond donors (Lipinski definition) is 0. The Bertz CT molecular complexity index is 1820. The van der Waals surface area contributed by atoms with E-state index in [1.165, 1.54) is 6.07 Å². The second-order valence-corrected chi connectivity index (χ2v) is 7.90. The molecule has 33 heavy (non-hydrogen) atoms. The van der Waals surface area contributed by atoms with Gasteiger partial charge in [-0.2, -0.15) is 0 Å². The van der Waals surface area contributed by atoms with Crippen LogP contribution < -0.4 is 0 Å². The van der Waals surface area contributed by atoms with Crippen molar-refractivity contribution in [2.45, 2.75) is 13.7 Å². The predicted octanol–water partition coefficient (Wildman–Crippen LogP) is 7.99. The number of oxazole rings is 1. The summed E-state index contributed by atoms with van der Waals surface area (Å²) >= 11 is 0. The molecule has 3 nitrogen and oxygen atoms in total. The third-order valence-electron chi connectivity index (χ3n) is 5.82. The van der Waals surface area contributed by atoms with Crippen LogP contribution in [-0.4, -0.2) is 9.97 Å². The zero-order valence-electron chi connectivity index (χ0n) is 23.5. The van der Waals surface area contributed by atoms with Crippen LogP contribution in [0.3, 0.4) is 0 Å². The molecule has 0 radical (unpaired) electrons. The Morgan fingerprint density at radius 1 is 0.727 bits per heavy atom. The van der Waals surface area contributed by atoms with Gasteiger partial charge in [-0.15, -0.1) is 0 Å². The molecule has 0 aliphatic carbocycles. The fourth-order valence-electron chi connectivity index (χ4n) is 4.13. The van der Waals surface area contributed by atoms with E-state index in [2.05, 4.69) is 17.1 Å². The summed E-state index contributed by atoms with van der Waals surface area (Å²) in [4.78, 5) is 9.10. The lowest BCUT2D eigenvalue weighted by atomic mass is 9.99. The maximum atomic E-state index is 7.94. The van der Waals surface area contributed by atoms with Crippen LogP contribution in [0, 0.1) is 13.7 Å². The van der Waals surface area contributed by atoms with Crippen LogP contribution in [0.15, 0.2) is 102 Å². The molecule has 2 aromatic heterocycles. The van der Waals surface area contributed by atoms with Crippen LogP contribution in [0.25, 0.3) is 55.7 Å². The van der Waals surface area contributed by atoms with Crippen molar-refractivity contribution in [2.75, 3.05) is 0 Å². The van der Waals surface area contributed by atoms with Gasteiger partial charge in [0.15, 0.2) is 5.58 Å². The van der Waals surface area contributed by atoms with Crippen LogP contribution >= 0.6 is 0 Å². The first-order valence-corrected chi connectivity index (χ1v) is 10.6. The monoisotopic (exact) mass is 432 g/mol. The van der Waals surface area contributed by atoms with Crippen LogP contribution in [0.4, 0.5) is 0 Å². The minimum absolute atomic E-state index is 0.242. The summed E-state index contributed by atoms with van der Waals surface area (Å²) in [5.74, 6) is 0.459. The van der Waals surface area contributed by atoms with Crippen molar-refractivity contribution < 1.29 is 12.6 Å². The zero-order valence-corrected chi connectivity index (χ0v) is 17.5. The Morgan fingerprint density at radius 2 is 1.52 bits per heavy atom. The first kappa shape index (κ1) is 14.0. The molecular weight excluding hydrogens is 404 g/mol. The van der Waals surface area contributed by atoms with Gasteiger partial charge in [-0.05, 0) is 65.6 Å². The van der Waals surface area contributed by atoms with Gasteiger partial charge in [-0.25, -0.2) is 4.98 Å². The Hall–Kier alpha value is -4.24. The lowest BCUT2D eigenvalue weighted by Crippen LogP contribution is -1.90. The fourth-order valence-corrected chi connectivity index (χ4v) is 4.13. The highest BCUT2D eigenvalue weighted by Gasteiger charge is 2.15. The molecule has 6 rings (SSSR count). The first-order chi connectivity index (χ1) is 18.6. The van der Waals surface area contributed by atoms with E-state index in [-0.39, 0.29) is 11.1 Å². The molecule has 3 heteroatoms. The average Bonchev–Trinajstić information content (AvgIpc) is 3.37. The maximum Gasteiger partial charge on any atom is 0.227 e. The molecule has 0 bridgehead atoms. The SMILES string of the molecule is [2H]C([2H])([2H])c1cnc(-c2cccc3ccc4nc(-c5ccc(-c6ccccc6)cc5)oc4c23)cc1C([2H])([2H])[2H]. The molecule has 0 saturated carbocycles. The summed E-state index contributed by atoms with van der Waals surface area (Å²) in [7, 11) is 0. The minimum Gasteiger partial charge on any atom is -0.435 e. The number of rotatable bonds is 3. The summed E-state index contributed by atoms with van der Waals surface area (Å²) in [6.07, 6.45) is 1.14. The number of hydrogen-bond acceptors (Lipinski definition) is 3. The van der Waals surface area contributed by atoms with Crippen molar-refractivity contribution in [3.05, 3.63) is 108 Å². The molecule has 0 aliphatic heterocycles. The highest BCUT2D eigenvalue weighted by atomic mass is 16.3. The molecule has 0 aliphatic rings. The molecule has 0 spiro atoms. The predicted molar refractivity (Wildman–Crippen MR) is 135 cm³/mol. The summed E-state index contributed by atoms with van der Waals surface area (Å²) in [6.45, 7) is -5.22. The lowest BCUT2D eigenvalue weighted by molar-refractivity contribution is 0.623. The topological polar surface area (TPSA) is 38.9 Å². The van der Waals surface area contributed by atoms with Crippen LogP contribution in [0.5, 0.6) is 0 Å². The van der Waals surface area contributed by atoms with E-state index in [4.69, 9.17) is 17.6 Å². The minimum atomic E-state index is -2.62. The summed E-state index contributed by atoms with van der Waals surface area (Å²) in [6, 6.07) is 28.8. The van der Waals surface area contributed by atoms with E-state index < -0.39 is 13.7 Å². The van der Waals surface area contributed by atoms with Gasteiger partial charge in [-0.1, -0.05) is 66.7 Å². The Balaban J connectivity index is 1.50. The molecule has 6 aromatic rings. The third kappa shape index (κ3) is 3.39. The van der Waals surface area contributed by atoms with Crippen molar-refractivity contribution in [3.8, 4) is 33.8 Å². The van der Waals surface area contributed by atoms with Crippen molar-refractivity contribution in [1.82, 2.24) is 9.97 Å². The Labute approximate surface area is 200 Å². The van der Waals surface area contributed by atoms with E-state index >= 15 is 0 Å². The maximum absolute atomic E-state index is 7.94. The number of aromatic nitrogens is 2. The average molecular weight is 433 g/mol. The molecule has 0 amide bonds. The molecule has 158 valence electrons. The van der Waals surface area contributed by atoms with Crippen molar-refractivity contribution in [1.29, 1.82) is 0 Å². The highest BCUT2D eigenvalue weighted by molar-refractivity contribution is 6.11. The molecule has 0 N–H and O–H groups in total. The van der Waals surface area contributed by atoms with Crippen LogP contribution in [-0.2, 0) is 0 Å². The molecule has 0 unspecified atom stereocenters. The normalized spacial score (nSPS) is 14.8. The molecular formula is C30H22N2O. The highest BCUT2D eigenvalue weighted by Crippen LogP contribution is 2.36. The van der Waals surface area contributed by atoms with E-state index in [9.17, 15) is 0 Å². The molecule has 2 heterocycles. The number of benzene rings is 4. The Kier molecular flexibility index (Phi) is 3.28. The number of pyridine rings is 1. The summed E-state index contributed by atoms with van der Waals surface area (Å²) in [5.41, 5.74) is 4.66. The van der Waals surface area contributed by atoms with Crippen molar-refractivity contribution in [2.24, 2.45) is 0 Å².